The van der Waals surface area contributed by atoms with Gasteiger partial charge in [0.05, 0.1) is 27.9 Å². The van der Waals surface area contributed by atoms with Crippen molar-refractivity contribution in [1.82, 2.24) is 0 Å². The number of hydrogen-bond donors (Lipinski definition) is 1. The largest absolute Gasteiger partial charge is 0.496 e. The molecule has 0 aliphatic carbocycles. The van der Waals surface area contributed by atoms with Crippen LogP contribution in [0.3, 0.4) is 0 Å². The summed E-state index contributed by atoms with van der Waals surface area (Å²) in [6, 6.07) is 10.1. The van der Waals surface area contributed by atoms with Crippen LogP contribution in [0.5, 0.6) is 17.2 Å². The minimum absolute atomic E-state index is 0.227. The Morgan fingerprint density at radius 1 is 0.839 bits per heavy atom. The molecule has 0 aromatic heterocycles. The number of benzene rings is 2. The quantitative estimate of drug-likeness (QED) is 0.336. The van der Waals surface area contributed by atoms with Crippen LogP contribution in [0.25, 0.3) is 12.2 Å². The molecule has 0 fully saturated rings. The number of methoxy groups -OCH3 is 3. The van der Waals surface area contributed by atoms with Crippen LogP contribution in [-0.2, 0) is 21.0 Å². The Kier molecular flexibility index (Phi) is 8.72. The Morgan fingerprint density at radius 2 is 1.35 bits per heavy atom. The Balaban J connectivity index is 2.13. The van der Waals surface area contributed by atoms with Gasteiger partial charge in [-0.05, 0) is 47.5 Å². The van der Waals surface area contributed by atoms with Crippen molar-refractivity contribution in [1.29, 1.82) is 0 Å². The van der Waals surface area contributed by atoms with E-state index in [2.05, 4.69) is 0 Å². The average Bonchev–Trinajstić information content (AvgIpc) is 2.81. The van der Waals surface area contributed by atoms with E-state index in [4.69, 9.17) is 14.2 Å². The van der Waals surface area contributed by atoms with Gasteiger partial charge in [-0.3, -0.25) is 9.59 Å². The number of aliphatic hydroxyl groups is 1. The number of allylic oxidation sites excluding steroid dienone is 2. The minimum Gasteiger partial charge on any atom is -0.496 e. The van der Waals surface area contributed by atoms with Crippen molar-refractivity contribution in [3.8, 4) is 17.2 Å². The SMILES string of the molecule is COc1ccc(C=CC(=O)C(C=O)C(=O)C=Cc2ccc(OC)c(OC)c2)cc1CO. The molecule has 0 aliphatic rings. The fourth-order valence-corrected chi connectivity index (χ4v) is 2.82. The van der Waals surface area contributed by atoms with E-state index >= 15 is 0 Å². The highest BCUT2D eigenvalue weighted by atomic mass is 16.5. The minimum atomic E-state index is -1.44. The van der Waals surface area contributed by atoms with E-state index in [1.54, 1.807) is 36.4 Å². The molecule has 0 saturated carbocycles. The maximum Gasteiger partial charge on any atom is 0.173 e. The van der Waals surface area contributed by atoms with Crippen LogP contribution in [0, 0.1) is 5.92 Å². The lowest BCUT2D eigenvalue weighted by atomic mass is 9.98. The molecule has 0 aliphatic heterocycles. The van der Waals surface area contributed by atoms with Crippen LogP contribution in [0.15, 0.2) is 48.6 Å². The second-order valence-electron chi connectivity index (χ2n) is 6.43. The lowest BCUT2D eigenvalue weighted by molar-refractivity contribution is -0.131. The number of ether oxygens (including phenoxy) is 3. The highest BCUT2D eigenvalue weighted by Crippen LogP contribution is 2.28. The summed E-state index contributed by atoms with van der Waals surface area (Å²) in [7, 11) is 4.50. The molecule has 1 unspecified atom stereocenters. The number of carbonyl (C=O) groups excluding carboxylic acids is 3. The molecular formula is C24H24O7. The summed E-state index contributed by atoms with van der Waals surface area (Å²) < 4.78 is 15.5. The van der Waals surface area contributed by atoms with Gasteiger partial charge in [0, 0.05) is 5.56 Å². The van der Waals surface area contributed by atoms with Crippen molar-refractivity contribution in [2.45, 2.75) is 6.61 Å². The Bertz CT molecular complexity index is 927. The third-order valence-corrected chi connectivity index (χ3v) is 4.51. The van der Waals surface area contributed by atoms with Crippen molar-refractivity contribution in [3.63, 3.8) is 0 Å². The normalized spacial score (nSPS) is 12.0. The van der Waals surface area contributed by atoms with Crippen LogP contribution in [0.2, 0.25) is 0 Å². The average molecular weight is 424 g/mol. The van der Waals surface area contributed by atoms with Gasteiger partial charge in [-0.25, -0.2) is 0 Å². The number of rotatable bonds is 11. The Hall–Kier alpha value is -3.71. The molecule has 2 aromatic carbocycles. The molecule has 0 radical (unpaired) electrons. The molecule has 1 N–H and O–H groups in total. The molecule has 1 atom stereocenters. The van der Waals surface area contributed by atoms with E-state index in [-0.39, 0.29) is 6.61 Å². The van der Waals surface area contributed by atoms with Gasteiger partial charge < -0.3 is 24.1 Å². The number of carbonyl (C=O) groups is 3. The highest BCUT2D eigenvalue weighted by molar-refractivity contribution is 6.21. The van der Waals surface area contributed by atoms with Gasteiger partial charge in [0.15, 0.2) is 23.1 Å². The zero-order valence-corrected chi connectivity index (χ0v) is 17.5. The summed E-state index contributed by atoms with van der Waals surface area (Å²) in [5.74, 6) is -1.16. The monoisotopic (exact) mass is 424 g/mol. The van der Waals surface area contributed by atoms with Crippen LogP contribution < -0.4 is 14.2 Å². The second-order valence-corrected chi connectivity index (χ2v) is 6.43. The molecule has 2 rings (SSSR count). The fraction of sp³-hybridized carbons (Fsp3) is 0.208. The Labute approximate surface area is 180 Å². The highest BCUT2D eigenvalue weighted by Gasteiger charge is 2.21. The molecule has 0 amide bonds. The first-order valence-corrected chi connectivity index (χ1v) is 9.36. The molecule has 162 valence electrons. The molecule has 2 aromatic rings. The van der Waals surface area contributed by atoms with Gasteiger partial charge in [0.25, 0.3) is 0 Å². The van der Waals surface area contributed by atoms with Gasteiger partial charge in [0.1, 0.15) is 18.0 Å². The van der Waals surface area contributed by atoms with E-state index in [0.29, 0.717) is 40.2 Å². The third-order valence-electron chi connectivity index (χ3n) is 4.51. The Morgan fingerprint density at radius 3 is 1.84 bits per heavy atom. The standard InChI is InChI=1S/C24H24O7/c1-29-22-10-6-16(12-18(22)14-25)4-8-20(27)19(15-26)21(28)9-5-17-7-11-23(30-2)24(13-17)31-3/h4-13,15,19,25H,14H2,1-3H3. The number of hydrogen-bond acceptors (Lipinski definition) is 7. The van der Waals surface area contributed by atoms with Crippen molar-refractivity contribution < 1.29 is 33.7 Å². The summed E-state index contributed by atoms with van der Waals surface area (Å²) in [5.41, 5.74) is 1.82. The maximum atomic E-state index is 12.4. The van der Waals surface area contributed by atoms with E-state index in [1.165, 1.54) is 45.6 Å². The molecule has 7 nitrogen and oxygen atoms in total. The van der Waals surface area contributed by atoms with E-state index in [0.717, 1.165) is 0 Å². The molecule has 0 spiro atoms. The predicted octanol–water partition coefficient (Wildman–Crippen LogP) is 2.88. The van der Waals surface area contributed by atoms with Gasteiger partial charge in [0.2, 0.25) is 0 Å². The first-order chi connectivity index (χ1) is 15.0. The number of aldehydes is 1. The molecule has 0 heterocycles. The van der Waals surface area contributed by atoms with Crippen LogP contribution >= 0.6 is 0 Å². The van der Waals surface area contributed by atoms with Crippen molar-refractivity contribution in [2.75, 3.05) is 21.3 Å². The topological polar surface area (TPSA) is 99.1 Å². The third kappa shape index (κ3) is 6.13. The smallest absolute Gasteiger partial charge is 0.173 e. The lowest BCUT2D eigenvalue weighted by Crippen LogP contribution is -2.22. The lowest BCUT2D eigenvalue weighted by Gasteiger charge is -2.08. The number of aliphatic hydroxyl groups excluding tert-OH is 1. The molecule has 31 heavy (non-hydrogen) atoms. The molecular weight excluding hydrogens is 400 g/mol. The molecule has 0 saturated heterocycles. The van der Waals surface area contributed by atoms with Crippen molar-refractivity contribution in [2.24, 2.45) is 5.92 Å². The first kappa shape index (κ1) is 23.6. The van der Waals surface area contributed by atoms with Gasteiger partial charge in [-0.2, -0.15) is 0 Å². The zero-order valence-electron chi connectivity index (χ0n) is 17.5. The van der Waals surface area contributed by atoms with E-state index in [1.807, 2.05) is 0 Å². The van der Waals surface area contributed by atoms with Crippen LogP contribution in [0.4, 0.5) is 0 Å². The van der Waals surface area contributed by atoms with Gasteiger partial charge in [-0.15, -0.1) is 0 Å². The fourth-order valence-electron chi connectivity index (χ4n) is 2.82. The summed E-state index contributed by atoms with van der Waals surface area (Å²) in [6.45, 7) is -0.227. The first-order valence-electron chi connectivity index (χ1n) is 9.36. The molecule has 7 heteroatoms. The van der Waals surface area contributed by atoms with E-state index < -0.39 is 17.5 Å². The summed E-state index contributed by atoms with van der Waals surface area (Å²) in [6.07, 6.45) is 5.64. The summed E-state index contributed by atoms with van der Waals surface area (Å²) in [4.78, 5) is 36.1. The van der Waals surface area contributed by atoms with Crippen LogP contribution in [-0.4, -0.2) is 44.3 Å². The summed E-state index contributed by atoms with van der Waals surface area (Å²) in [5, 5.41) is 9.38. The zero-order chi connectivity index (χ0) is 22.8. The van der Waals surface area contributed by atoms with Gasteiger partial charge >= 0.3 is 0 Å². The maximum absolute atomic E-state index is 12.4. The van der Waals surface area contributed by atoms with Gasteiger partial charge in [-0.1, -0.05) is 24.3 Å². The molecule has 0 bridgehead atoms. The summed E-state index contributed by atoms with van der Waals surface area (Å²) >= 11 is 0. The second kappa shape index (κ2) is 11.5. The van der Waals surface area contributed by atoms with Crippen LogP contribution in [0.1, 0.15) is 16.7 Å². The number of ketones is 2. The van der Waals surface area contributed by atoms with Crippen molar-refractivity contribution >= 4 is 30.0 Å². The van der Waals surface area contributed by atoms with E-state index in [9.17, 15) is 19.5 Å². The predicted molar refractivity (Wildman–Crippen MR) is 116 cm³/mol. The van der Waals surface area contributed by atoms with Crippen molar-refractivity contribution in [3.05, 3.63) is 65.2 Å².